The maximum absolute atomic E-state index is 10.3. The fourth-order valence-corrected chi connectivity index (χ4v) is 12.8. The Kier molecular flexibility index (Phi) is 9.63. The van der Waals surface area contributed by atoms with Crippen molar-refractivity contribution in [3.63, 3.8) is 0 Å². The van der Waals surface area contributed by atoms with Crippen LogP contribution < -0.4 is 10.2 Å². The number of aromatic hydroxyl groups is 1. The number of thiophene rings is 1. The second-order valence-electron chi connectivity index (χ2n) is 18.4. The molecule has 11 rings (SSSR count). The number of rotatable bonds is 8. The Morgan fingerprint density at radius 2 is 1.74 bits per heavy atom. The van der Waals surface area contributed by atoms with Gasteiger partial charge in [-0.1, -0.05) is 72.8 Å². The van der Waals surface area contributed by atoms with E-state index in [1.54, 1.807) is 17.6 Å². The monoisotopic (exact) mass is 826 g/mol. The molecule has 3 aliphatic heterocycles. The van der Waals surface area contributed by atoms with E-state index in [9.17, 15) is 5.11 Å². The van der Waals surface area contributed by atoms with Crippen molar-refractivity contribution >= 4 is 22.7 Å². The standard InChI is InChI=1S/C52H54N6O2S/c1-32-33(2)61-51-47(32)49(54-45(28-46-53-23-25-60-46)50-56-55-34(3)58(50)51)39-12-10-35(11-13-39)26-36-29-52(30-36)22-7-24-57(31-52)41-17-14-38(15-18-41)48-43(37-8-5-4-6-9-37)20-16-40-27-42(59)19-21-44(40)48/h4-6,8-15,17-19,21,23,25,27,36,43,45-46,48,53,59H,7,16,20,22,24,26,28-31H2,1-3H3. The van der Waals surface area contributed by atoms with Gasteiger partial charge in [-0.25, -0.2) is 0 Å². The molecule has 4 atom stereocenters. The van der Waals surface area contributed by atoms with Crippen molar-refractivity contribution < 1.29 is 9.84 Å². The molecule has 0 amide bonds. The van der Waals surface area contributed by atoms with Gasteiger partial charge < -0.3 is 20.1 Å². The molecule has 1 saturated heterocycles. The van der Waals surface area contributed by atoms with Crippen LogP contribution in [-0.2, 0) is 17.6 Å². The molecule has 5 heterocycles. The summed E-state index contributed by atoms with van der Waals surface area (Å²) in [6.45, 7) is 8.73. The van der Waals surface area contributed by atoms with Crippen LogP contribution in [0.3, 0.4) is 0 Å². The molecule has 310 valence electrons. The average Bonchev–Trinajstić information content (AvgIpc) is 3.98. The third-order valence-corrected chi connectivity index (χ3v) is 15.8. The van der Waals surface area contributed by atoms with E-state index in [-0.39, 0.29) is 18.2 Å². The van der Waals surface area contributed by atoms with Crippen LogP contribution in [0.4, 0.5) is 5.69 Å². The quantitative estimate of drug-likeness (QED) is 0.159. The normalized spacial score (nSPS) is 25.1. The highest BCUT2D eigenvalue weighted by atomic mass is 32.1. The number of ether oxygens (including phenoxy) is 1. The Hall–Kier alpha value is -5.67. The lowest BCUT2D eigenvalue weighted by atomic mass is 9.57. The van der Waals surface area contributed by atoms with Crippen molar-refractivity contribution in [2.24, 2.45) is 16.3 Å². The highest BCUT2D eigenvalue weighted by molar-refractivity contribution is 7.15. The van der Waals surface area contributed by atoms with Gasteiger partial charge in [0, 0.05) is 53.3 Å². The first kappa shape index (κ1) is 38.3. The summed E-state index contributed by atoms with van der Waals surface area (Å²) >= 11 is 1.80. The lowest BCUT2D eigenvalue weighted by Crippen LogP contribution is -2.51. The number of nitrogens with zero attached hydrogens (tertiary/aromatic N) is 5. The van der Waals surface area contributed by atoms with Crippen LogP contribution in [0.15, 0.2) is 115 Å². The van der Waals surface area contributed by atoms with Crippen LogP contribution in [0.5, 0.6) is 5.75 Å². The summed E-state index contributed by atoms with van der Waals surface area (Å²) in [4.78, 5) is 9.44. The first-order valence-electron chi connectivity index (χ1n) is 22.3. The second-order valence-corrected chi connectivity index (χ2v) is 19.6. The molecule has 5 aliphatic rings. The summed E-state index contributed by atoms with van der Waals surface area (Å²) in [6.07, 6.45) is 12.4. The Morgan fingerprint density at radius 1 is 0.918 bits per heavy atom. The molecule has 8 nitrogen and oxygen atoms in total. The minimum Gasteiger partial charge on any atom is -0.508 e. The number of aryl methyl sites for hydroxylation is 3. The molecule has 2 aliphatic carbocycles. The molecule has 4 aromatic carbocycles. The maximum Gasteiger partial charge on any atom is 0.171 e. The van der Waals surface area contributed by atoms with Gasteiger partial charge in [0.15, 0.2) is 12.1 Å². The summed E-state index contributed by atoms with van der Waals surface area (Å²) < 4.78 is 8.05. The summed E-state index contributed by atoms with van der Waals surface area (Å²) in [5.74, 6) is 3.51. The van der Waals surface area contributed by atoms with E-state index >= 15 is 0 Å². The molecule has 2 N–H and O–H groups in total. The molecule has 6 aromatic rings. The van der Waals surface area contributed by atoms with Crippen LogP contribution in [-0.4, -0.2) is 44.9 Å². The Bertz CT molecular complexity index is 2630. The molecular weight excluding hydrogens is 773 g/mol. The lowest BCUT2D eigenvalue weighted by molar-refractivity contribution is 0.0386. The fourth-order valence-electron chi connectivity index (χ4n) is 11.6. The summed E-state index contributed by atoms with van der Waals surface area (Å²) in [5, 5.41) is 23.9. The molecule has 61 heavy (non-hydrogen) atoms. The molecule has 0 radical (unpaired) electrons. The van der Waals surface area contributed by atoms with Crippen LogP contribution in [0.25, 0.3) is 5.00 Å². The first-order valence-corrected chi connectivity index (χ1v) is 23.1. The van der Waals surface area contributed by atoms with Crippen molar-refractivity contribution in [1.29, 1.82) is 0 Å². The second kappa shape index (κ2) is 15.4. The number of piperidine rings is 1. The summed E-state index contributed by atoms with van der Waals surface area (Å²) in [7, 11) is 0. The van der Waals surface area contributed by atoms with Gasteiger partial charge in [0.2, 0.25) is 0 Å². The van der Waals surface area contributed by atoms with Gasteiger partial charge in [0.25, 0.3) is 0 Å². The number of aliphatic imine (C=N–C) groups is 1. The number of hydrogen-bond donors (Lipinski definition) is 2. The van der Waals surface area contributed by atoms with Crippen molar-refractivity contribution in [1.82, 2.24) is 20.1 Å². The summed E-state index contributed by atoms with van der Waals surface area (Å²) in [5.41, 5.74) is 13.2. The fraction of sp³-hybridized carbons (Fsp3) is 0.365. The first-order chi connectivity index (χ1) is 29.8. The third-order valence-electron chi connectivity index (χ3n) is 14.6. The van der Waals surface area contributed by atoms with Gasteiger partial charge in [-0.3, -0.25) is 9.56 Å². The molecule has 2 aromatic heterocycles. The van der Waals surface area contributed by atoms with Crippen molar-refractivity contribution in [3.05, 3.63) is 171 Å². The zero-order valence-electron chi connectivity index (χ0n) is 35.3. The molecule has 2 fully saturated rings. The van der Waals surface area contributed by atoms with Crippen LogP contribution in [0.1, 0.15) is 117 Å². The highest BCUT2D eigenvalue weighted by Gasteiger charge is 2.46. The number of nitrogens with one attached hydrogen (secondary N) is 1. The molecule has 9 heteroatoms. The van der Waals surface area contributed by atoms with Gasteiger partial charge in [-0.2, -0.15) is 0 Å². The number of aromatic nitrogens is 3. The molecule has 1 saturated carbocycles. The number of hydrogen-bond acceptors (Lipinski definition) is 8. The van der Waals surface area contributed by atoms with Gasteiger partial charge in [-0.05, 0) is 141 Å². The van der Waals surface area contributed by atoms with E-state index in [0.717, 1.165) is 60.3 Å². The number of fused-ring (bicyclic) bond motifs is 4. The molecule has 1 spiro atoms. The van der Waals surface area contributed by atoms with Gasteiger partial charge >= 0.3 is 0 Å². The SMILES string of the molecule is Cc1sc2c(c1C)C(c1ccc(CC3CC4(CCCN(c5ccc(C6c7ccc(O)cc7CCC6c6ccccc6)cc5)C4)C3)cc1)=NC(CC1NC=CO1)c1nnc(C)n1-2. The minimum atomic E-state index is -0.204. The van der Waals surface area contributed by atoms with E-state index in [0.29, 0.717) is 29.4 Å². The van der Waals surface area contributed by atoms with E-state index in [2.05, 4.69) is 124 Å². The minimum absolute atomic E-state index is 0.153. The Labute approximate surface area is 363 Å². The van der Waals surface area contributed by atoms with Gasteiger partial charge in [0.1, 0.15) is 28.9 Å². The topological polar surface area (TPSA) is 87.8 Å². The summed E-state index contributed by atoms with van der Waals surface area (Å²) in [6, 6.07) is 35.7. The van der Waals surface area contributed by atoms with Crippen LogP contribution >= 0.6 is 11.3 Å². The van der Waals surface area contributed by atoms with E-state index in [1.165, 1.54) is 75.2 Å². The zero-order valence-corrected chi connectivity index (χ0v) is 36.2. The zero-order chi connectivity index (χ0) is 41.2. The van der Waals surface area contributed by atoms with Crippen molar-refractivity contribution in [3.8, 4) is 10.8 Å². The number of phenolic OH excluding ortho intramolecular Hbond substituents is 1. The predicted molar refractivity (Wildman–Crippen MR) is 244 cm³/mol. The third kappa shape index (κ3) is 6.95. The largest absolute Gasteiger partial charge is 0.508 e. The maximum atomic E-state index is 10.3. The molecule has 0 bridgehead atoms. The van der Waals surface area contributed by atoms with Gasteiger partial charge in [-0.15, -0.1) is 21.5 Å². The Balaban J connectivity index is 0.782. The van der Waals surface area contributed by atoms with E-state index < -0.39 is 0 Å². The Morgan fingerprint density at radius 3 is 2.52 bits per heavy atom. The van der Waals surface area contributed by atoms with Gasteiger partial charge in [0.05, 0.1) is 5.71 Å². The van der Waals surface area contributed by atoms with Crippen molar-refractivity contribution in [2.75, 3.05) is 18.0 Å². The molecule has 4 unspecified atom stereocenters. The smallest absolute Gasteiger partial charge is 0.171 e. The van der Waals surface area contributed by atoms with E-state index in [1.807, 2.05) is 25.3 Å². The number of anilines is 1. The predicted octanol–water partition coefficient (Wildman–Crippen LogP) is 10.8. The number of phenols is 1. The highest BCUT2D eigenvalue weighted by Crippen LogP contribution is 2.53. The molecular formula is C52H54N6O2S. The van der Waals surface area contributed by atoms with E-state index in [4.69, 9.17) is 9.73 Å². The van der Waals surface area contributed by atoms with Crippen LogP contribution in [0.2, 0.25) is 0 Å². The van der Waals surface area contributed by atoms with Crippen molar-refractivity contribution in [2.45, 2.75) is 96.2 Å². The van der Waals surface area contributed by atoms with Crippen LogP contribution in [0, 0.1) is 32.1 Å². The number of benzene rings is 4. The lowest BCUT2D eigenvalue weighted by Gasteiger charge is -2.54. The average molecular weight is 827 g/mol.